The standard InChI is InChI=1S/C10H14N6O6S/c11-10-14-3-13-9-4(1-15-16(9)10)8-7(18)6(17)5(22-8)2-21-23(12,19)20/h1,3,5-8,17-18H,2H2,(H2,11,13,14)(H2,12,19,20)/t5-,6-,7-,8+/m1/s1. The summed E-state index contributed by atoms with van der Waals surface area (Å²) in [6.45, 7) is -0.538. The van der Waals surface area contributed by atoms with Gasteiger partial charge in [-0.1, -0.05) is 0 Å². The largest absolute Gasteiger partial charge is 0.387 e. The summed E-state index contributed by atoms with van der Waals surface area (Å²) in [6.07, 6.45) is -2.23. The van der Waals surface area contributed by atoms with Crippen LogP contribution in [0.1, 0.15) is 11.7 Å². The third kappa shape index (κ3) is 2.97. The molecule has 3 rings (SSSR count). The molecule has 0 aromatic carbocycles. The van der Waals surface area contributed by atoms with Crippen LogP contribution < -0.4 is 10.9 Å². The number of nitrogens with zero attached hydrogens (tertiary/aromatic N) is 4. The first-order valence-electron chi connectivity index (χ1n) is 6.41. The first kappa shape index (κ1) is 16.0. The van der Waals surface area contributed by atoms with Gasteiger partial charge < -0.3 is 20.7 Å². The predicted molar refractivity (Wildman–Crippen MR) is 73.9 cm³/mol. The Bertz CT molecular complexity index is 824. The highest BCUT2D eigenvalue weighted by atomic mass is 32.2. The number of hydrogen-bond donors (Lipinski definition) is 4. The topological polar surface area (TPSA) is 188 Å². The summed E-state index contributed by atoms with van der Waals surface area (Å²) < 4.78 is 32.7. The Morgan fingerprint density at radius 1 is 1.35 bits per heavy atom. The molecule has 1 aliphatic heterocycles. The zero-order valence-electron chi connectivity index (χ0n) is 11.6. The third-order valence-electron chi connectivity index (χ3n) is 3.42. The molecule has 1 fully saturated rings. The highest BCUT2D eigenvalue weighted by Gasteiger charge is 2.45. The second kappa shape index (κ2) is 5.63. The van der Waals surface area contributed by atoms with E-state index in [9.17, 15) is 18.6 Å². The summed E-state index contributed by atoms with van der Waals surface area (Å²) in [7, 11) is -4.19. The van der Waals surface area contributed by atoms with Crippen LogP contribution in [0.5, 0.6) is 0 Å². The lowest BCUT2D eigenvalue weighted by Crippen LogP contribution is -2.34. The molecule has 1 saturated heterocycles. The van der Waals surface area contributed by atoms with E-state index in [2.05, 4.69) is 19.2 Å². The van der Waals surface area contributed by atoms with Gasteiger partial charge in [0.25, 0.3) is 0 Å². The lowest BCUT2D eigenvalue weighted by atomic mass is 10.0. The second-order valence-electron chi connectivity index (χ2n) is 4.92. The zero-order valence-corrected chi connectivity index (χ0v) is 12.4. The van der Waals surface area contributed by atoms with Crippen molar-refractivity contribution < 1.29 is 27.6 Å². The molecule has 1 aliphatic rings. The van der Waals surface area contributed by atoms with E-state index in [1.807, 2.05) is 0 Å². The zero-order chi connectivity index (χ0) is 16.8. The van der Waals surface area contributed by atoms with Crippen LogP contribution in [0.4, 0.5) is 5.95 Å². The number of nitrogen functional groups attached to an aromatic ring is 1. The lowest BCUT2D eigenvalue weighted by molar-refractivity contribution is -0.0153. The van der Waals surface area contributed by atoms with E-state index >= 15 is 0 Å². The van der Waals surface area contributed by atoms with Gasteiger partial charge in [0.05, 0.1) is 12.8 Å². The summed E-state index contributed by atoms with van der Waals surface area (Å²) >= 11 is 0. The summed E-state index contributed by atoms with van der Waals surface area (Å²) in [4.78, 5) is 7.77. The average Bonchev–Trinajstić information content (AvgIpc) is 3.01. The number of fused-ring (bicyclic) bond motifs is 1. The molecule has 13 heteroatoms. The second-order valence-corrected chi connectivity index (χ2v) is 6.14. The Hall–Kier alpha value is -1.90. The monoisotopic (exact) mass is 346 g/mol. The number of ether oxygens (including phenoxy) is 1. The summed E-state index contributed by atoms with van der Waals surface area (Å²) in [6, 6.07) is 0. The highest BCUT2D eigenvalue weighted by molar-refractivity contribution is 7.84. The van der Waals surface area contributed by atoms with Crippen LogP contribution in [0.2, 0.25) is 0 Å². The van der Waals surface area contributed by atoms with Gasteiger partial charge >= 0.3 is 10.3 Å². The minimum absolute atomic E-state index is 0.0865. The fraction of sp³-hybridized carbons (Fsp3) is 0.500. The Morgan fingerprint density at radius 3 is 2.78 bits per heavy atom. The van der Waals surface area contributed by atoms with Crippen LogP contribution in [0.3, 0.4) is 0 Å². The third-order valence-corrected chi connectivity index (χ3v) is 3.89. The van der Waals surface area contributed by atoms with E-state index in [0.29, 0.717) is 11.2 Å². The van der Waals surface area contributed by atoms with Gasteiger partial charge in [-0.05, 0) is 0 Å². The van der Waals surface area contributed by atoms with Crippen molar-refractivity contribution in [2.45, 2.75) is 24.4 Å². The van der Waals surface area contributed by atoms with Crippen LogP contribution in [0.15, 0.2) is 12.5 Å². The van der Waals surface area contributed by atoms with Crippen molar-refractivity contribution in [1.82, 2.24) is 19.6 Å². The Kier molecular flexibility index (Phi) is 3.91. The van der Waals surface area contributed by atoms with Gasteiger partial charge in [-0.25, -0.2) is 15.1 Å². The van der Waals surface area contributed by atoms with E-state index in [-0.39, 0.29) is 5.95 Å². The van der Waals surface area contributed by atoms with E-state index in [0.717, 1.165) is 0 Å². The van der Waals surface area contributed by atoms with Crippen molar-refractivity contribution >= 4 is 21.9 Å². The van der Waals surface area contributed by atoms with Crippen molar-refractivity contribution in [1.29, 1.82) is 0 Å². The van der Waals surface area contributed by atoms with E-state index in [1.165, 1.54) is 17.0 Å². The van der Waals surface area contributed by atoms with Gasteiger partial charge in [0.1, 0.15) is 30.7 Å². The molecular formula is C10H14N6O6S. The molecule has 12 nitrogen and oxygen atoms in total. The molecule has 126 valence electrons. The number of aromatic nitrogens is 4. The van der Waals surface area contributed by atoms with Crippen LogP contribution in [-0.4, -0.2) is 63.1 Å². The van der Waals surface area contributed by atoms with E-state index in [1.54, 1.807) is 0 Å². The van der Waals surface area contributed by atoms with Gasteiger partial charge in [0, 0.05) is 5.56 Å². The molecular weight excluding hydrogens is 332 g/mol. The van der Waals surface area contributed by atoms with Crippen molar-refractivity contribution in [2.75, 3.05) is 12.3 Å². The van der Waals surface area contributed by atoms with Crippen LogP contribution in [0.25, 0.3) is 5.65 Å². The number of aliphatic hydroxyl groups excluding tert-OH is 2. The highest BCUT2D eigenvalue weighted by Crippen LogP contribution is 2.35. The molecule has 4 atom stereocenters. The minimum atomic E-state index is -4.19. The summed E-state index contributed by atoms with van der Waals surface area (Å²) in [5, 5.41) is 28.8. The fourth-order valence-electron chi connectivity index (χ4n) is 2.35. The van der Waals surface area contributed by atoms with Crippen LogP contribution >= 0.6 is 0 Å². The Labute approximate surface area is 129 Å². The van der Waals surface area contributed by atoms with Gasteiger partial charge in [-0.3, -0.25) is 4.18 Å². The van der Waals surface area contributed by atoms with Crippen LogP contribution in [-0.2, 0) is 19.2 Å². The molecule has 0 unspecified atom stereocenters. The van der Waals surface area contributed by atoms with Gasteiger partial charge in [-0.2, -0.15) is 18.0 Å². The quantitative estimate of drug-likeness (QED) is 0.446. The maximum absolute atomic E-state index is 10.8. The van der Waals surface area contributed by atoms with Gasteiger partial charge in [0.2, 0.25) is 5.95 Å². The summed E-state index contributed by atoms with van der Waals surface area (Å²) in [5.74, 6) is 0.0865. The molecule has 0 amide bonds. The lowest BCUT2D eigenvalue weighted by Gasteiger charge is -2.13. The van der Waals surface area contributed by atoms with Gasteiger partial charge in [-0.15, -0.1) is 0 Å². The molecule has 2 aromatic heterocycles. The number of rotatable bonds is 4. The number of hydrogen-bond acceptors (Lipinski definition) is 10. The Balaban J connectivity index is 1.86. The molecule has 3 heterocycles. The predicted octanol–water partition coefficient (Wildman–Crippen LogP) is -2.91. The molecule has 0 radical (unpaired) electrons. The maximum atomic E-state index is 10.8. The minimum Gasteiger partial charge on any atom is -0.387 e. The number of aliphatic hydroxyl groups is 2. The first-order chi connectivity index (χ1) is 10.8. The van der Waals surface area contributed by atoms with Crippen molar-refractivity contribution in [3.05, 3.63) is 18.1 Å². The molecule has 0 aliphatic carbocycles. The van der Waals surface area contributed by atoms with E-state index < -0.39 is 41.3 Å². The molecule has 23 heavy (non-hydrogen) atoms. The first-order valence-corrected chi connectivity index (χ1v) is 7.88. The number of anilines is 1. The smallest absolute Gasteiger partial charge is 0.333 e. The van der Waals surface area contributed by atoms with Crippen LogP contribution in [0, 0.1) is 0 Å². The number of nitrogens with two attached hydrogens (primary N) is 2. The molecule has 2 aromatic rings. The normalized spacial score (nSPS) is 28.5. The van der Waals surface area contributed by atoms with Crippen molar-refractivity contribution in [3.63, 3.8) is 0 Å². The molecule has 0 saturated carbocycles. The van der Waals surface area contributed by atoms with Gasteiger partial charge in [0.15, 0.2) is 5.65 Å². The molecule has 6 N–H and O–H groups in total. The van der Waals surface area contributed by atoms with E-state index in [4.69, 9.17) is 15.6 Å². The van der Waals surface area contributed by atoms with Crippen molar-refractivity contribution in [3.8, 4) is 0 Å². The molecule has 0 spiro atoms. The molecule has 0 bridgehead atoms. The maximum Gasteiger partial charge on any atom is 0.333 e. The average molecular weight is 346 g/mol. The van der Waals surface area contributed by atoms with Crippen molar-refractivity contribution in [2.24, 2.45) is 5.14 Å². The SMILES string of the molecule is Nc1ncnc2c([C@@H]3O[C@H](COS(N)(=O)=O)[C@@H](O)[C@H]3O)cnn12. The summed E-state index contributed by atoms with van der Waals surface area (Å²) in [5.41, 5.74) is 6.31. The fourth-order valence-corrected chi connectivity index (χ4v) is 2.68. The Morgan fingerprint density at radius 2 is 2.09 bits per heavy atom.